The lowest BCUT2D eigenvalue weighted by Gasteiger charge is -2.24. The quantitative estimate of drug-likeness (QED) is 0.0215. The number of esters is 1. The topological polar surface area (TPSA) is 91.3 Å². The van der Waals surface area contributed by atoms with Crippen LogP contribution in [0.25, 0.3) is 0 Å². The minimum absolute atomic E-state index is 0.0695. The predicted molar refractivity (Wildman–Crippen MR) is 260 cm³/mol. The molecule has 9 heteroatoms. The lowest BCUT2D eigenvalue weighted by atomic mass is 10.1. The zero-order valence-corrected chi connectivity index (χ0v) is 40.0. The van der Waals surface area contributed by atoms with E-state index < -0.39 is 13.9 Å². The van der Waals surface area contributed by atoms with Crippen LogP contribution in [0.4, 0.5) is 0 Å². The third kappa shape index (κ3) is 47.8. The lowest BCUT2D eigenvalue weighted by Crippen LogP contribution is -2.37. The smallest absolute Gasteiger partial charge is 0.457 e. The molecule has 0 radical (unpaired) electrons. The first-order chi connectivity index (χ1) is 29.6. The number of hydrogen-bond acceptors (Lipinski definition) is 6. The summed E-state index contributed by atoms with van der Waals surface area (Å²) in [6.07, 6.45) is 62.5. The van der Waals surface area contributed by atoms with Gasteiger partial charge in [0.25, 0.3) is 0 Å². The third-order valence-electron chi connectivity index (χ3n) is 9.02. The fourth-order valence-electron chi connectivity index (χ4n) is 5.49. The van der Waals surface area contributed by atoms with Gasteiger partial charge in [-0.25, -0.2) is 4.57 Å². The highest BCUT2D eigenvalue weighted by molar-refractivity contribution is 7.47. The number of quaternary nitrogens is 1. The molecule has 1 N–H and O–H groups in total. The van der Waals surface area contributed by atoms with Crippen molar-refractivity contribution in [2.24, 2.45) is 0 Å². The molecule has 0 aliphatic rings. The monoisotopic (exact) mass is 869 g/mol. The largest absolute Gasteiger partial charge is 0.472 e. The highest BCUT2D eigenvalue weighted by atomic mass is 31.2. The van der Waals surface area contributed by atoms with Crippen molar-refractivity contribution < 1.29 is 37.3 Å². The van der Waals surface area contributed by atoms with E-state index in [2.05, 4.69) is 135 Å². The van der Waals surface area contributed by atoms with Crippen LogP contribution in [0, 0.1) is 0 Å². The summed E-state index contributed by atoms with van der Waals surface area (Å²) in [7, 11) is 1.60. The van der Waals surface area contributed by atoms with Gasteiger partial charge >= 0.3 is 13.8 Å². The molecule has 0 aromatic heterocycles. The number of phosphoric acid groups is 1. The second-order valence-electron chi connectivity index (χ2n) is 16.0. The van der Waals surface area contributed by atoms with E-state index in [1.165, 1.54) is 0 Å². The van der Waals surface area contributed by atoms with E-state index in [0.29, 0.717) is 17.6 Å². The van der Waals surface area contributed by atoms with Gasteiger partial charge in [0.15, 0.2) is 0 Å². The highest BCUT2D eigenvalue weighted by Gasteiger charge is 2.26. The maximum absolute atomic E-state index is 12.7. The molecule has 0 fully saturated rings. The molecule has 2 unspecified atom stereocenters. The number of allylic oxidation sites excluding steroid dienone is 20. The van der Waals surface area contributed by atoms with E-state index >= 15 is 0 Å². The van der Waals surface area contributed by atoms with Gasteiger partial charge < -0.3 is 18.9 Å². The van der Waals surface area contributed by atoms with Gasteiger partial charge in [-0.3, -0.25) is 13.8 Å². The molecule has 0 spiro atoms. The Kier molecular flexibility index (Phi) is 41.3. The Hall–Kier alpha value is -3.10. The van der Waals surface area contributed by atoms with Gasteiger partial charge in [-0.1, -0.05) is 155 Å². The number of carbonyl (C=O) groups is 1. The molecule has 61 heavy (non-hydrogen) atoms. The fraction of sp³-hybridized carbons (Fsp3) is 0.596. The zero-order chi connectivity index (χ0) is 44.8. The van der Waals surface area contributed by atoms with Crippen LogP contribution in [0.2, 0.25) is 0 Å². The van der Waals surface area contributed by atoms with Crippen molar-refractivity contribution in [1.82, 2.24) is 0 Å². The molecular formula is C52H87NO7P+. The second-order valence-corrected chi connectivity index (χ2v) is 17.5. The van der Waals surface area contributed by atoms with E-state index in [-0.39, 0.29) is 32.2 Å². The van der Waals surface area contributed by atoms with Crippen LogP contribution in [-0.4, -0.2) is 75.6 Å². The molecule has 8 nitrogen and oxygen atoms in total. The third-order valence-corrected chi connectivity index (χ3v) is 10.0. The van der Waals surface area contributed by atoms with Gasteiger partial charge in [-0.15, -0.1) is 0 Å². The van der Waals surface area contributed by atoms with Crippen molar-refractivity contribution in [3.05, 3.63) is 122 Å². The molecule has 2 atom stereocenters. The van der Waals surface area contributed by atoms with Gasteiger partial charge in [0.1, 0.15) is 19.3 Å². The number of hydrogen-bond donors (Lipinski definition) is 1. The van der Waals surface area contributed by atoms with Crippen LogP contribution >= 0.6 is 7.82 Å². The van der Waals surface area contributed by atoms with Gasteiger partial charge in [0.2, 0.25) is 0 Å². The molecule has 0 saturated carbocycles. The van der Waals surface area contributed by atoms with E-state index in [4.69, 9.17) is 18.5 Å². The number of unbranched alkanes of at least 4 members (excludes halogenated alkanes) is 7. The van der Waals surface area contributed by atoms with Crippen LogP contribution in [-0.2, 0) is 27.9 Å². The molecule has 346 valence electrons. The Labute approximate surface area is 373 Å². The van der Waals surface area contributed by atoms with Crippen LogP contribution in [0.3, 0.4) is 0 Å². The number of likely N-dealkylation sites (N-methyl/N-ethyl adjacent to an activating group) is 1. The van der Waals surface area contributed by atoms with Crippen LogP contribution in [0.15, 0.2) is 122 Å². The SMILES string of the molecule is CC/C=C\C/C=C\C/C=C\C/C=C\C/C=C\C/C=C\C/C=C\CCCCCCOCC(COP(=O)(O)OCC[N+](C)(C)C)OC(=O)CCCCC/C=C\C/C=C\C/C=C\CC. The Morgan fingerprint density at radius 1 is 0.508 bits per heavy atom. The maximum Gasteiger partial charge on any atom is 0.472 e. The van der Waals surface area contributed by atoms with Crippen molar-refractivity contribution in [2.45, 2.75) is 148 Å². The Morgan fingerprint density at radius 3 is 1.33 bits per heavy atom. The molecule has 0 aromatic carbocycles. The Morgan fingerprint density at radius 2 is 0.902 bits per heavy atom. The first kappa shape index (κ1) is 57.9. The van der Waals surface area contributed by atoms with Crippen molar-refractivity contribution in [2.75, 3.05) is 54.1 Å². The summed E-state index contributed by atoms with van der Waals surface area (Å²) in [4.78, 5) is 22.9. The highest BCUT2D eigenvalue weighted by Crippen LogP contribution is 2.43. The summed E-state index contributed by atoms with van der Waals surface area (Å²) < 4.78 is 34.9. The Balaban J connectivity index is 4.28. The average molecular weight is 869 g/mol. The standard InChI is InChI=1S/C52H86NO7P/c1-6-8-10-12-14-16-18-20-21-22-23-24-25-26-27-28-29-30-31-32-34-36-38-40-42-44-47-57-49-51(50-59-61(55,56)58-48-46-53(3,4)5)60-52(54)45-43-41-39-37-35-33-19-17-15-13-11-9-7-2/h8-11,14-17,20-21,23-24,26-27,29-30,32-35,51H,6-7,12-13,18-19,22,25,28,31,36-50H2,1-5H3/p+1/b10-8-,11-9-,16-14-,17-15-,21-20-,24-23-,27-26-,30-29-,34-32-,35-33-. The normalized spacial score (nSPS) is 14.8. The van der Waals surface area contributed by atoms with E-state index in [1.807, 2.05) is 21.1 Å². The van der Waals surface area contributed by atoms with Gasteiger partial charge in [-0.05, 0) is 103 Å². The predicted octanol–water partition coefficient (Wildman–Crippen LogP) is 14.2. The van der Waals surface area contributed by atoms with Crippen molar-refractivity contribution in [1.29, 1.82) is 0 Å². The molecule has 0 bridgehead atoms. The minimum atomic E-state index is -4.30. The van der Waals surface area contributed by atoms with E-state index in [1.54, 1.807) is 0 Å². The van der Waals surface area contributed by atoms with Gasteiger partial charge in [0, 0.05) is 13.0 Å². The zero-order valence-electron chi connectivity index (χ0n) is 39.1. The number of phosphoric ester groups is 1. The van der Waals surface area contributed by atoms with Crippen molar-refractivity contribution in [3.8, 4) is 0 Å². The minimum Gasteiger partial charge on any atom is -0.457 e. The molecule has 0 saturated heterocycles. The summed E-state index contributed by atoms with van der Waals surface area (Å²) in [5.74, 6) is -0.359. The number of ether oxygens (including phenoxy) is 2. The summed E-state index contributed by atoms with van der Waals surface area (Å²) in [6, 6.07) is 0. The summed E-state index contributed by atoms with van der Waals surface area (Å²) >= 11 is 0. The molecule has 0 rings (SSSR count). The van der Waals surface area contributed by atoms with Crippen LogP contribution in [0.5, 0.6) is 0 Å². The van der Waals surface area contributed by atoms with Crippen LogP contribution < -0.4 is 0 Å². The maximum atomic E-state index is 12.7. The summed E-state index contributed by atoms with van der Waals surface area (Å²) in [5, 5.41) is 0. The lowest BCUT2D eigenvalue weighted by molar-refractivity contribution is -0.870. The molecule has 0 amide bonds. The van der Waals surface area contributed by atoms with E-state index in [9.17, 15) is 14.3 Å². The molecule has 0 aliphatic carbocycles. The molecular weight excluding hydrogens is 782 g/mol. The van der Waals surface area contributed by atoms with Crippen molar-refractivity contribution in [3.63, 3.8) is 0 Å². The molecule has 0 heterocycles. The number of carbonyl (C=O) groups excluding carboxylic acids is 1. The summed E-state index contributed by atoms with van der Waals surface area (Å²) in [6.45, 7) is 5.24. The van der Waals surface area contributed by atoms with Crippen LogP contribution in [0.1, 0.15) is 142 Å². The Bertz CT molecular complexity index is 1380. The fourth-order valence-corrected chi connectivity index (χ4v) is 6.23. The number of nitrogens with zero attached hydrogens (tertiary/aromatic N) is 1. The average Bonchev–Trinajstić information content (AvgIpc) is 3.22. The van der Waals surface area contributed by atoms with Gasteiger partial charge in [0.05, 0.1) is 34.4 Å². The first-order valence-corrected chi connectivity index (χ1v) is 24.8. The molecule has 0 aromatic rings. The summed E-state index contributed by atoms with van der Waals surface area (Å²) in [5.41, 5.74) is 0. The van der Waals surface area contributed by atoms with Gasteiger partial charge in [-0.2, -0.15) is 0 Å². The first-order valence-electron chi connectivity index (χ1n) is 23.3. The number of rotatable bonds is 41. The molecule has 0 aliphatic heterocycles. The second kappa shape index (κ2) is 43.5. The van der Waals surface area contributed by atoms with E-state index in [0.717, 1.165) is 122 Å². The van der Waals surface area contributed by atoms with Crippen molar-refractivity contribution >= 4 is 13.8 Å².